The first-order valence-corrected chi connectivity index (χ1v) is 7.80. The summed E-state index contributed by atoms with van der Waals surface area (Å²) in [5.41, 5.74) is 0.489. The molecule has 10 heteroatoms. The second kappa shape index (κ2) is 5.88. The van der Waals surface area contributed by atoms with E-state index in [1.54, 1.807) is 12.1 Å². The van der Waals surface area contributed by atoms with Crippen molar-refractivity contribution in [1.82, 2.24) is 24.6 Å². The Bertz CT molecular complexity index is 819. The lowest BCUT2D eigenvalue weighted by Gasteiger charge is -2.08. The van der Waals surface area contributed by atoms with Gasteiger partial charge in [-0.3, -0.25) is 4.40 Å². The van der Waals surface area contributed by atoms with Gasteiger partial charge in [0.2, 0.25) is 5.82 Å². The number of thioether (sulfide) groups is 1. The Morgan fingerprint density at radius 2 is 2.05 bits per heavy atom. The molecule has 0 spiro atoms. The molecule has 0 N–H and O–H groups in total. The van der Waals surface area contributed by atoms with Crippen molar-refractivity contribution in [2.75, 3.05) is 11.6 Å². The molecular weight excluding hydrogens is 339 g/mol. The van der Waals surface area contributed by atoms with Crippen LogP contribution in [0.2, 0.25) is 0 Å². The average molecular weight is 348 g/mol. The molecule has 5 nitrogen and oxygen atoms in total. The Hall–Kier alpha value is -1.61. The van der Waals surface area contributed by atoms with Gasteiger partial charge in [-0.25, -0.2) is 9.97 Å². The molecule has 0 saturated carbocycles. The highest BCUT2D eigenvalue weighted by molar-refractivity contribution is 7.99. The molecule has 0 fully saturated rings. The van der Waals surface area contributed by atoms with Gasteiger partial charge in [-0.1, -0.05) is 0 Å². The first-order valence-electron chi connectivity index (χ1n) is 6.28. The molecule has 0 aliphatic rings. The Morgan fingerprint density at radius 1 is 1.23 bits per heavy atom. The summed E-state index contributed by atoms with van der Waals surface area (Å²) in [6.45, 7) is 0. The van der Waals surface area contributed by atoms with E-state index in [-0.39, 0.29) is 11.3 Å². The molecule has 0 unspecified atom stereocenters. The molecule has 0 radical (unpaired) electrons. The number of fused-ring (bicyclic) bond motifs is 3. The van der Waals surface area contributed by atoms with Crippen LogP contribution in [-0.4, -0.2) is 36.2 Å². The van der Waals surface area contributed by atoms with Crippen LogP contribution in [0.15, 0.2) is 23.4 Å². The second-order valence-corrected chi connectivity index (χ2v) is 5.80. The van der Waals surface area contributed by atoms with Gasteiger partial charge in [0, 0.05) is 17.8 Å². The topological polar surface area (TPSA) is 56.0 Å². The fourth-order valence-corrected chi connectivity index (χ4v) is 3.13. The third-order valence-electron chi connectivity index (χ3n) is 2.82. The van der Waals surface area contributed by atoms with Crippen LogP contribution in [0.4, 0.5) is 13.2 Å². The van der Waals surface area contributed by atoms with Gasteiger partial charge in [0.15, 0.2) is 11.3 Å². The molecule has 3 aromatic rings. The van der Waals surface area contributed by atoms with Gasteiger partial charge >= 0.3 is 6.18 Å². The van der Waals surface area contributed by atoms with Crippen LogP contribution < -0.4 is 0 Å². The summed E-state index contributed by atoms with van der Waals surface area (Å²) in [6.07, 6.45) is -2.50. The van der Waals surface area contributed by atoms with Crippen molar-refractivity contribution in [3.8, 4) is 0 Å². The van der Waals surface area contributed by atoms with Gasteiger partial charge in [0.1, 0.15) is 10.5 Å². The molecule has 0 amide bonds. The predicted molar refractivity (Wildman–Crippen MR) is 77.1 cm³/mol. The summed E-state index contributed by atoms with van der Waals surface area (Å²) >= 11 is 6.92. The van der Waals surface area contributed by atoms with Crippen molar-refractivity contribution in [2.24, 2.45) is 0 Å². The van der Waals surface area contributed by atoms with E-state index < -0.39 is 12.0 Å². The lowest BCUT2D eigenvalue weighted by Crippen LogP contribution is -2.12. The molecule has 0 bridgehead atoms. The van der Waals surface area contributed by atoms with Crippen molar-refractivity contribution in [1.29, 1.82) is 0 Å². The zero-order valence-corrected chi connectivity index (χ0v) is 12.6. The standard InChI is InChI=1S/C12H9ClF3N5S/c13-4-2-6-22-10-9-19-20-11(12(14,15)16)21(9)8-7(18-10)3-1-5-17-8/h1,3,5H,2,4,6H2. The number of hydrogen-bond donors (Lipinski definition) is 0. The second-order valence-electron chi connectivity index (χ2n) is 4.33. The minimum atomic E-state index is -4.62. The molecule has 0 aromatic carbocycles. The highest BCUT2D eigenvalue weighted by Crippen LogP contribution is 2.32. The van der Waals surface area contributed by atoms with Crippen LogP contribution in [0.3, 0.4) is 0 Å². The van der Waals surface area contributed by atoms with Crippen LogP contribution >= 0.6 is 23.4 Å². The van der Waals surface area contributed by atoms with E-state index in [1.165, 1.54) is 18.0 Å². The van der Waals surface area contributed by atoms with Crippen LogP contribution in [0.1, 0.15) is 12.2 Å². The van der Waals surface area contributed by atoms with Gasteiger partial charge in [0.05, 0.1) is 0 Å². The summed E-state index contributed by atoms with van der Waals surface area (Å²) in [7, 11) is 0. The molecule has 3 rings (SSSR count). The molecule has 0 aliphatic carbocycles. The fraction of sp³-hybridized carbons (Fsp3) is 0.333. The molecule has 0 atom stereocenters. The van der Waals surface area contributed by atoms with Gasteiger partial charge in [-0.05, 0) is 18.6 Å². The highest BCUT2D eigenvalue weighted by Gasteiger charge is 2.38. The first-order chi connectivity index (χ1) is 10.5. The number of pyridine rings is 1. The first kappa shape index (κ1) is 15.3. The summed E-state index contributed by atoms with van der Waals surface area (Å²) in [4.78, 5) is 8.32. The molecule has 116 valence electrons. The maximum atomic E-state index is 13.1. The largest absolute Gasteiger partial charge is 0.452 e. The third-order valence-corrected chi connectivity index (χ3v) is 4.13. The minimum Gasteiger partial charge on any atom is -0.251 e. The summed E-state index contributed by atoms with van der Waals surface area (Å²) in [5.74, 6) is -0.00166. The maximum absolute atomic E-state index is 13.1. The summed E-state index contributed by atoms with van der Waals surface area (Å²) in [6, 6.07) is 3.22. The van der Waals surface area contributed by atoms with E-state index in [1.807, 2.05) is 0 Å². The predicted octanol–water partition coefficient (Wildman–Crippen LogP) is 3.41. The van der Waals surface area contributed by atoms with Crippen LogP contribution in [-0.2, 0) is 6.18 Å². The molecule has 22 heavy (non-hydrogen) atoms. The summed E-state index contributed by atoms with van der Waals surface area (Å²) < 4.78 is 40.3. The van der Waals surface area contributed by atoms with Gasteiger partial charge in [-0.2, -0.15) is 13.2 Å². The van der Waals surface area contributed by atoms with Crippen LogP contribution in [0.25, 0.3) is 16.8 Å². The number of nitrogens with zero attached hydrogens (tertiary/aromatic N) is 5. The molecule has 0 saturated heterocycles. The average Bonchev–Trinajstić information content (AvgIpc) is 2.93. The number of hydrogen-bond acceptors (Lipinski definition) is 5. The monoisotopic (exact) mass is 347 g/mol. The Morgan fingerprint density at radius 3 is 2.77 bits per heavy atom. The number of rotatable bonds is 4. The lowest BCUT2D eigenvalue weighted by atomic mass is 10.4. The van der Waals surface area contributed by atoms with E-state index in [0.29, 0.717) is 28.6 Å². The fourth-order valence-electron chi connectivity index (χ4n) is 1.93. The van der Waals surface area contributed by atoms with Crippen molar-refractivity contribution in [3.63, 3.8) is 0 Å². The number of halogens is 4. The zero-order valence-electron chi connectivity index (χ0n) is 11.0. The lowest BCUT2D eigenvalue weighted by molar-refractivity contribution is -0.145. The van der Waals surface area contributed by atoms with E-state index in [4.69, 9.17) is 11.6 Å². The van der Waals surface area contributed by atoms with Gasteiger partial charge in [0.25, 0.3) is 0 Å². The smallest absolute Gasteiger partial charge is 0.251 e. The van der Waals surface area contributed by atoms with Gasteiger partial charge < -0.3 is 0 Å². The summed E-state index contributed by atoms with van der Waals surface area (Å²) in [5, 5.41) is 7.31. The van der Waals surface area contributed by atoms with E-state index >= 15 is 0 Å². The Balaban J connectivity index is 2.26. The van der Waals surface area contributed by atoms with Crippen molar-refractivity contribution >= 4 is 40.2 Å². The molecular formula is C12H9ClF3N5S. The number of aromatic nitrogens is 5. The van der Waals surface area contributed by atoms with Crippen molar-refractivity contribution in [3.05, 3.63) is 24.2 Å². The molecule has 3 aromatic heterocycles. The van der Waals surface area contributed by atoms with Crippen molar-refractivity contribution < 1.29 is 13.2 Å². The minimum absolute atomic E-state index is 0.0538. The van der Waals surface area contributed by atoms with E-state index in [9.17, 15) is 13.2 Å². The van der Waals surface area contributed by atoms with Crippen molar-refractivity contribution in [2.45, 2.75) is 17.6 Å². The van der Waals surface area contributed by atoms with E-state index in [0.717, 1.165) is 4.40 Å². The SMILES string of the molecule is FC(F)(F)c1nnc2c(SCCCCl)nc3cccnc3n12. The quantitative estimate of drug-likeness (QED) is 0.411. The normalized spacial score (nSPS) is 12.4. The van der Waals surface area contributed by atoms with Crippen LogP contribution in [0.5, 0.6) is 0 Å². The Labute approximate surface area is 131 Å². The zero-order chi connectivity index (χ0) is 15.7. The van der Waals surface area contributed by atoms with Crippen LogP contribution in [0, 0.1) is 0 Å². The molecule has 0 aliphatic heterocycles. The number of alkyl halides is 4. The Kier molecular flexibility index (Phi) is 4.09. The van der Waals surface area contributed by atoms with E-state index in [2.05, 4.69) is 20.2 Å². The molecule has 3 heterocycles. The third kappa shape index (κ3) is 2.70. The highest BCUT2D eigenvalue weighted by atomic mass is 35.5. The van der Waals surface area contributed by atoms with Gasteiger partial charge in [-0.15, -0.1) is 33.6 Å². The maximum Gasteiger partial charge on any atom is 0.452 e.